The van der Waals surface area contributed by atoms with Crippen molar-refractivity contribution < 1.29 is 9.53 Å². The Morgan fingerprint density at radius 3 is 2.52 bits per heavy atom. The monoisotopic (exact) mass is 621 g/mol. The summed E-state index contributed by atoms with van der Waals surface area (Å²) in [6.07, 6.45) is 0.819. The molecule has 0 saturated heterocycles. The van der Waals surface area contributed by atoms with E-state index in [1.807, 2.05) is 105 Å². The number of benzene rings is 4. The van der Waals surface area contributed by atoms with Gasteiger partial charge in [-0.3, -0.25) is 4.79 Å². The Bertz CT molecular complexity index is 1800. The minimum Gasteiger partial charge on any atom is -0.493 e. The van der Waals surface area contributed by atoms with Crippen LogP contribution in [0, 0.1) is 6.92 Å². The summed E-state index contributed by atoms with van der Waals surface area (Å²) in [4.78, 5) is 18.6. The molecular formula is C35H32ClN5O2S. The first kappa shape index (κ1) is 29.5. The van der Waals surface area contributed by atoms with E-state index in [1.165, 1.54) is 17.3 Å². The molecule has 1 aromatic heterocycles. The van der Waals surface area contributed by atoms with E-state index in [4.69, 9.17) is 26.4 Å². The molecule has 7 nitrogen and oxygen atoms in total. The topological polar surface area (TPSA) is 81.1 Å². The number of anilines is 2. The Morgan fingerprint density at radius 2 is 1.75 bits per heavy atom. The van der Waals surface area contributed by atoms with Crippen LogP contribution in [0.25, 0.3) is 0 Å². The lowest BCUT2D eigenvalue weighted by Crippen LogP contribution is -2.31. The number of nitrogens with one attached hydrogen (secondary N) is 2. The van der Waals surface area contributed by atoms with Gasteiger partial charge in [0.25, 0.3) is 5.91 Å². The third-order valence-electron chi connectivity index (χ3n) is 7.37. The zero-order chi connectivity index (χ0) is 30.5. The highest BCUT2D eigenvalue weighted by molar-refractivity contribution is 7.98. The maximum atomic E-state index is 13.9. The molecule has 0 spiro atoms. The van der Waals surface area contributed by atoms with Gasteiger partial charge in [-0.1, -0.05) is 96.2 Å². The van der Waals surface area contributed by atoms with Gasteiger partial charge in [-0.2, -0.15) is 4.98 Å². The van der Waals surface area contributed by atoms with Crippen molar-refractivity contribution in [1.29, 1.82) is 0 Å². The molecule has 1 aliphatic heterocycles. The van der Waals surface area contributed by atoms with Gasteiger partial charge < -0.3 is 15.4 Å². The Hall–Kier alpha value is -4.53. The Balaban J connectivity index is 1.27. The molecule has 0 fully saturated rings. The van der Waals surface area contributed by atoms with Crippen molar-refractivity contribution >= 4 is 40.9 Å². The number of amides is 1. The average Bonchev–Trinajstić information content (AvgIpc) is 3.43. The molecule has 1 amide bonds. The van der Waals surface area contributed by atoms with Crippen molar-refractivity contribution in [1.82, 2.24) is 14.8 Å². The van der Waals surface area contributed by atoms with Gasteiger partial charge in [-0.15, -0.1) is 5.10 Å². The second kappa shape index (κ2) is 13.4. The normalized spacial score (nSPS) is 14.1. The van der Waals surface area contributed by atoms with Crippen molar-refractivity contribution in [3.63, 3.8) is 0 Å². The van der Waals surface area contributed by atoms with Crippen molar-refractivity contribution in [2.75, 3.05) is 17.2 Å². The van der Waals surface area contributed by atoms with Crippen LogP contribution in [0.3, 0.4) is 0 Å². The van der Waals surface area contributed by atoms with E-state index in [9.17, 15) is 4.79 Å². The number of aryl methyl sites for hydroxylation is 1. The van der Waals surface area contributed by atoms with Gasteiger partial charge in [-0.25, -0.2) is 4.68 Å². The van der Waals surface area contributed by atoms with Crippen LogP contribution < -0.4 is 15.4 Å². The van der Waals surface area contributed by atoms with Crippen molar-refractivity contribution in [3.05, 3.63) is 142 Å². The second-order valence-electron chi connectivity index (χ2n) is 10.6. The fraction of sp³-hybridized carbons (Fsp3) is 0.171. The van der Waals surface area contributed by atoms with Crippen LogP contribution in [-0.4, -0.2) is 27.3 Å². The van der Waals surface area contributed by atoms with E-state index >= 15 is 0 Å². The zero-order valence-corrected chi connectivity index (χ0v) is 26.0. The number of aromatic nitrogens is 3. The highest BCUT2D eigenvalue weighted by atomic mass is 35.5. The summed E-state index contributed by atoms with van der Waals surface area (Å²) in [5.41, 5.74) is 6.20. The average molecular weight is 622 g/mol. The minimum absolute atomic E-state index is 0.208. The van der Waals surface area contributed by atoms with Gasteiger partial charge in [0.2, 0.25) is 11.1 Å². The third kappa shape index (κ3) is 6.82. The number of carbonyl (C=O) groups is 1. The summed E-state index contributed by atoms with van der Waals surface area (Å²) < 4.78 is 7.83. The number of ether oxygens (including phenoxy) is 1. The number of rotatable bonds is 10. The van der Waals surface area contributed by atoms with E-state index in [2.05, 4.69) is 22.8 Å². The molecule has 1 atom stereocenters. The van der Waals surface area contributed by atoms with Crippen LogP contribution in [0.4, 0.5) is 11.6 Å². The van der Waals surface area contributed by atoms with Crippen LogP contribution in [0.1, 0.15) is 35.2 Å². The highest BCUT2D eigenvalue weighted by Crippen LogP contribution is 2.38. The van der Waals surface area contributed by atoms with E-state index in [0.29, 0.717) is 39.8 Å². The largest absolute Gasteiger partial charge is 0.493 e. The maximum Gasteiger partial charge on any atom is 0.255 e. The number of allylic oxidation sites excluding steroid dienone is 1. The summed E-state index contributed by atoms with van der Waals surface area (Å²) >= 11 is 7.88. The zero-order valence-electron chi connectivity index (χ0n) is 24.5. The molecule has 2 N–H and O–H groups in total. The van der Waals surface area contributed by atoms with E-state index in [0.717, 1.165) is 34.5 Å². The lowest BCUT2D eigenvalue weighted by Gasteiger charge is -2.28. The number of hydrogen-bond acceptors (Lipinski definition) is 6. The molecule has 0 bridgehead atoms. The molecular weight excluding hydrogens is 590 g/mol. The minimum atomic E-state index is -0.503. The Kier molecular flexibility index (Phi) is 9.00. The second-order valence-corrected chi connectivity index (χ2v) is 11.9. The molecule has 0 aliphatic carbocycles. The van der Waals surface area contributed by atoms with Gasteiger partial charge in [0, 0.05) is 28.6 Å². The quantitative estimate of drug-likeness (QED) is 0.153. The third-order valence-corrected chi connectivity index (χ3v) is 8.62. The van der Waals surface area contributed by atoms with E-state index in [1.54, 1.807) is 4.68 Å². The van der Waals surface area contributed by atoms with Crippen molar-refractivity contribution in [2.45, 2.75) is 37.2 Å². The lowest BCUT2D eigenvalue weighted by molar-refractivity contribution is -0.113. The van der Waals surface area contributed by atoms with Gasteiger partial charge in [-0.05, 0) is 66.4 Å². The van der Waals surface area contributed by atoms with E-state index < -0.39 is 6.04 Å². The van der Waals surface area contributed by atoms with Gasteiger partial charge in [0.05, 0.1) is 12.2 Å². The molecule has 0 saturated carbocycles. The first-order chi connectivity index (χ1) is 21.4. The van der Waals surface area contributed by atoms with Crippen LogP contribution in [0.2, 0.25) is 5.02 Å². The molecule has 9 heteroatoms. The first-order valence-electron chi connectivity index (χ1n) is 14.4. The van der Waals surface area contributed by atoms with Crippen LogP contribution in [0.15, 0.2) is 120 Å². The van der Waals surface area contributed by atoms with Crippen molar-refractivity contribution in [2.24, 2.45) is 0 Å². The van der Waals surface area contributed by atoms with E-state index in [-0.39, 0.29) is 5.91 Å². The van der Waals surface area contributed by atoms with Gasteiger partial charge >= 0.3 is 0 Å². The van der Waals surface area contributed by atoms with Crippen LogP contribution >= 0.6 is 23.4 Å². The van der Waals surface area contributed by atoms with Crippen LogP contribution in [-0.2, 0) is 17.0 Å². The molecule has 4 aromatic carbocycles. The SMILES string of the molecule is CC1=C(C(=O)Nc2cccc(C)c2)C(c2ccc(OCCc3ccccc3)cc2)n2nc(SCc3ccccc3Cl)nc2N1. The number of nitrogens with zero attached hydrogens (tertiary/aromatic N) is 3. The Morgan fingerprint density at radius 1 is 0.977 bits per heavy atom. The highest BCUT2D eigenvalue weighted by Gasteiger charge is 2.34. The van der Waals surface area contributed by atoms with Crippen molar-refractivity contribution in [3.8, 4) is 5.75 Å². The lowest BCUT2D eigenvalue weighted by atomic mass is 9.95. The fourth-order valence-electron chi connectivity index (χ4n) is 5.15. The number of halogens is 1. The fourth-order valence-corrected chi connectivity index (χ4v) is 6.27. The summed E-state index contributed by atoms with van der Waals surface area (Å²) in [7, 11) is 0. The number of hydrogen-bond donors (Lipinski definition) is 2. The molecule has 1 unspecified atom stereocenters. The summed E-state index contributed by atoms with van der Waals surface area (Å²) in [6.45, 7) is 4.46. The van der Waals surface area contributed by atoms with Gasteiger partial charge in [0.1, 0.15) is 11.8 Å². The molecule has 2 heterocycles. The number of fused-ring (bicyclic) bond motifs is 1. The maximum absolute atomic E-state index is 13.9. The smallest absolute Gasteiger partial charge is 0.255 e. The summed E-state index contributed by atoms with van der Waals surface area (Å²) in [5.74, 6) is 1.75. The first-order valence-corrected chi connectivity index (χ1v) is 15.8. The molecule has 44 heavy (non-hydrogen) atoms. The summed E-state index contributed by atoms with van der Waals surface area (Å²) in [5, 5.41) is 12.6. The standard InChI is InChI=1S/C35H32ClN5O2S/c1-23-9-8-13-28(21-23)38-33(42)31-24(2)37-34-39-35(44-22-27-12-6-7-14-30(27)36)40-41(34)32(31)26-15-17-29(18-16-26)43-20-19-25-10-4-3-5-11-25/h3-18,21,32H,19-20,22H2,1-2H3,(H,38,42)(H,37,39,40). The number of carbonyl (C=O) groups excluding carboxylic acids is 1. The molecule has 1 aliphatic rings. The Labute approximate surface area is 266 Å². The van der Waals surface area contributed by atoms with Crippen LogP contribution in [0.5, 0.6) is 5.75 Å². The molecule has 6 rings (SSSR count). The summed E-state index contributed by atoms with van der Waals surface area (Å²) in [6, 6.07) is 33.1. The molecule has 222 valence electrons. The predicted octanol–water partition coefficient (Wildman–Crippen LogP) is 8.08. The predicted molar refractivity (Wildman–Crippen MR) is 177 cm³/mol. The molecule has 0 radical (unpaired) electrons. The molecule has 5 aromatic rings. The van der Waals surface area contributed by atoms with Gasteiger partial charge in [0.15, 0.2) is 0 Å². The number of thioether (sulfide) groups is 1.